The number of likely N-dealkylation sites (tertiary alicyclic amines) is 1. The van der Waals surface area contributed by atoms with Crippen LogP contribution in [0.25, 0.3) is 0 Å². The highest BCUT2D eigenvalue weighted by Crippen LogP contribution is 2.21. The molecular weight excluding hydrogens is 290 g/mol. The smallest absolute Gasteiger partial charge is 0.303 e. The van der Waals surface area contributed by atoms with Crippen LogP contribution in [0.15, 0.2) is 24.3 Å². The average Bonchev–Trinajstić information content (AvgIpc) is 2.46. The summed E-state index contributed by atoms with van der Waals surface area (Å²) in [4.78, 5) is 24.7. The molecule has 0 aliphatic carbocycles. The van der Waals surface area contributed by atoms with E-state index in [4.69, 9.17) is 16.7 Å². The third-order valence-corrected chi connectivity index (χ3v) is 4.22. The summed E-state index contributed by atoms with van der Waals surface area (Å²) in [5, 5.41) is 9.48. The van der Waals surface area contributed by atoms with Crippen LogP contribution < -0.4 is 0 Å². The van der Waals surface area contributed by atoms with Gasteiger partial charge in [-0.05, 0) is 42.9 Å². The van der Waals surface area contributed by atoms with Gasteiger partial charge in [-0.3, -0.25) is 9.59 Å². The minimum atomic E-state index is -0.748. The maximum absolute atomic E-state index is 12.2. The van der Waals surface area contributed by atoms with Gasteiger partial charge in [0, 0.05) is 31.0 Å². The first-order chi connectivity index (χ1) is 10.0. The second-order valence-electron chi connectivity index (χ2n) is 5.55. The minimum absolute atomic E-state index is 0.152. The molecule has 0 unspecified atom stereocenters. The second kappa shape index (κ2) is 7.46. The van der Waals surface area contributed by atoms with Gasteiger partial charge in [0.05, 0.1) is 0 Å². The number of nitrogens with zero attached hydrogens (tertiary/aromatic N) is 1. The van der Waals surface area contributed by atoms with Gasteiger partial charge in [-0.1, -0.05) is 23.7 Å². The topological polar surface area (TPSA) is 57.6 Å². The van der Waals surface area contributed by atoms with Crippen LogP contribution in [-0.2, 0) is 16.0 Å². The quantitative estimate of drug-likeness (QED) is 0.909. The number of aryl methyl sites for hydroxylation is 1. The second-order valence-corrected chi connectivity index (χ2v) is 5.98. The van der Waals surface area contributed by atoms with Gasteiger partial charge in [-0.15, -0.1) is 0 Å². The van der Waals surface area contributed by atoms with Crippen molar-refractivity contribution in [2.75, 3.05) is 13.1 Å². The van der Waals surface area contributed by atoms with Gasteiger partial charge in [0.1, 0.15) is 0 Å². The molecule has 1 aromatic rings. The number of hydrogen-bond donors (Lipinski definition) is 1. The van der Waals surface area contributed by atoms with Crippen molar-refractivity contribution in [3.8, 4) is 0 Å². The van der Waals surface area contributed by atoms with E-state index in [0.29, 0.717) is 31.0 Å². The number of carboxylic acids is 1. The van der Waals surface area contributed by atoms with E-state index in [0.717, 1.165) is 18.4 Å². The predicted molar refractivity (Wildman–Crippen MR) is 81.3 cm³/mol. The molecule has 1 heterocycles. The summed E-state index contributed by atoms with van der Waals surface area (Å²) >= 11 is 5.83. The van der Waals surface area contributed by atoms with Crippen LogP contribution in [0.2, 0.25) is 5.02 Å². The van der Waals surface area contributed by atoms with Gasteiger partial charge in [0.2, 0.25) is 5.91 Å². The monoisotopic (exact) mass is 309 g/mol. The SMILES string of the molecule is O=C(O)CC1CCN(C(=O)CCc2ccc(Cl)cc2)CC1. The molecule has 1 fully saturated rings. The highest BCUT2D eigenvalue weighted by molar-refractivity contribution is 6.30. The van der Waals surface area contributed by atoms with Crippen LogP contribution in [0, 0.1) is 5.92 Å². The maximum Gasteiger partial charge on any atom is 0.303 e. The Balaban J connectivity index is 1.74. The van der Waals surface area contributed by atoms with Crippen molar-refractivity contribution < 1.29 is 14.7 Å². The Hall–Kier alpha value is -1.55. The Bertz CT molecular complexity index is 493. The number of amides is 1. The van der Waals surface area contributed by atoms with Gasteiger partial charge in [0.15, 0.2) is 0 Å². The van der Waals surface area contributed by atoms with Gasteiger partial charge in [-0.2, -0.15) is 0 Å². The normalized spacial score (nSPS) is 16.0. The summed E-state index contributed by atoms with van der Waals surface area (Å²) < 4.78 is 0. The van der Waals surface area contributed by atoms with Crippen LogP contribution >= 0.6 is 11.6 Å². The van der Waals surface area contributed by atoms with E-state index in [1.54, 1.807) is 0 Å². The molecule has 21 heavy (non-hydrogen) atoms. The van der Waals surface area contributed by atoms with Gasteiger partial charge in [0.25, 0.3) is 0 Å². The van der Waals surface area contributed by atoms with Crippen molar-refractivity contribution in [3.05, 3.63) is 34.9 Å². The van der Waals surface area contributed by atoms with Crippen molar-refractivity contribution in [2.45, 2.75) is 32.1 Å². The Morgan fingerprint density at radius 1 is 1.19 bits per heavy atom. The van der Waals surface area contributed by atoms with Crippen LogP contribution in [0.1, 0.15) is 31.2 Å². The van der Waals surface area contributed by atoms with E-state index >= 15 is 0 Å². The van der Waals surface area contributed by atoms with E-state index in [-0.39, 0.29) is 18.2 Å². The van der Waals surface area contributed by atoms with Crippen molar-refractivity contribution >= 4 is 23.5 Å². The lowest BCUT2D eigenvalue weighted by molar-refractivity contribution is -0.138. The molecule has 1 N–H and O–H groups in total. The lowest BCUT2D eigenvalue weighted by Crippen LogP contribution is -2.39. The number of halogens is 1. The summed E-state index contributed by atoms with van der Waals surface area (Å²) in [6.45, 7) is 1.36. The number of aliphatic carboxylic acids is 1. The molecule has 4 nitrogen and oxygen atoms in total. The molecule has 5 heteroatoms. The average molecular weight is 310 g/mol. The Labute approximate surface area is 129 Å². The van der Waals surface area contributed by atoms with E-state index in [1.807, 2.05) is 29.2 Å². The third-order valence-electron chi connectivity index (χ3n) is 3.97. The predicted octanol–water partition coefficient (Wildman–Crippen LogP) is 2.99. The number of piperidine rings is 1. The molecule has 0 spiro atoms. The Morgan fingerprint density at radius 3 is 2.38 bits per heavy atom. The fraction of sp³-hybridized carbons (Fsp3) is 0.500. The highest BCUT2D eigenvalue weighted by Gasteiger charge is 2.23. The van der Waals surface area contributed by atoms with E-state index in [2.05, 4.69) is 0 Å². The summed E-state index contributed by atoms with van der Waals surface area (Å²) in [6, 6.07) is 7.54. The summed E-state index contributed by atoms with van der Waals surface area (Å²) in [7, 11) is 0. The van der Waals surface area contributed by atoms with Crippen molar-refractivity contribution in [1.82, 2.24) is 4.90 Å². The van der Waals surface area contributed by atoms with Crippen LogP contribution in [0.3, 0.4) is 0 Å². The molecule has 1 aliphatic heterocycles. The molecule has 2 rings (SSSR count). The van der Waals surface area contributed by atoms with Crippen molar-refractivity contribution in [2.24, 2.45) is 5.92 Å². The van der Waals surface area contributed by atoms with Crippen LogP contribution in [0.4, 0.5) is 0 Å². The first kappa shape index (κ1) is 15.8. The zero-order valence-electron chi connectivity index (χ0n) is 11.9. The fourth-order valence-corrected chi connectivity index (χ4v) is 2.82. The zero-order chi connectivity index (χ0) is 15.2. The number of rotatable bonds is 5. The van der Waals surface area contributed by atoms with Crippen molar-refractivity contribution in [3.63, 3.8) is 0 Å². The summed E-state index contributed by atoms with van der Waals surface area (Å²) in [6.07, 6.45) is 3.00. The lowest BCUT2D eigenvalue weighted by atomic mass is 9.93. The molecule has 0 saturated carbocycles. The number of carboxylic acid groups (broad SMARTS) is 1. The van der Waals surface area contributed by atoms with Crippen LogP contribution in [-0.4, -0.2) is 35.0 Å². The first-order valence-electron chi connectivity index (χ1n) is 7.28. The number of benzene rings is 1. The molecule has 1 aliphatic rings. The number of hydrogen-bond acceptors (Lipinski definition) is 2. The third kappa shape index (κ3) is 5.05. The van der Waals surface area contributed by atoms with Crippen LogP contribution in [0.5, 0.6) is 0 Å². The number of carbonyl (C=O) groups excluding carboxylic acids is 1. The number of carbonyl (C=O) groups is 2. The zero-order valence-corrected chi connectivity index (χ0v) is 12.7. The Morgan fingerprint density at radius 2 is 1.81 bits per heavy atom. The molecular formula is C16H20ClNO3. The largest absolute Gasteiger partial charge is 0.481 e. The van der Waals surface area contributed by atoms with E-state index in [1.165, 1.54) is 0 Å². The highest BCUT2D eigenvalue weighted by atomic mass is 35.5. The molecule has 0 radical (unpaired) electrons. The van der Waals surface area contributed by atoms with Gasteiger partial charge in [-0.25, -0.2) is 0 Å². The van der Waals surface area contributed by atoms with Gasteiger partial charge >= 0.3 is 5.97 Å². The minimum Gasteiger partial charge on any atom is -0.481 e. The maximum atomic E-state index is 12.2. The van der Waals surface area contributed by atoms with E-state index < -0.39 is 5.97 Å². The van der Waals surface area contributed by atoms with E-state index in [9.17, 15) is 9.59 Å². The molecule has 1 saturated heterocycles. The van der Waals surface area contributed by atoms with Crippen molar-refractivity contribution in [1.29, 1.82) is 0 Å². The summed E-state index contributed by atoms with van der Waals surface area (Å²) in [5.74, 6) is -0.385. The molecule has 1 amide bonds. The molecule has 0 bridgehead atoms. The molecule has 114 valence electrons. The molecule has 0 aromatic heterocycles. The Kier molecular flexibility index (Phi) is 5.62. The molecule has 1 aromatic carbocycles. The fourth-order valence-electron chi connectivity index (χ4n) is 2.69. The summed E-state index contributed by atoms with van der Waals surface area (Å²) in [5.41, 5.74) is 1.11. The molecule has 0 atom stereocenters. The van der Waals surface area contributed by atoms with Gasteiger partial charge < -0.3 is 10.0 Å². The standard InChI is InChI=1S/C16H20ClNO3/c17-14-4-1-12(2-5-14)3-6-15(19)18-9-7-13(8-10-18)11-16(20)21/h1-2,4-5,13H,3,6-11H2,(H,20,21). The first-order valence-corrected chi connectivity index (χ1v) is 7.66. The lowest BCUT2D eigenvalue weighted by Gasteiger charge is -2.31.